The Kier molecular flexibility index (Phi) is 3.13. The summed E-state index contributed by atoms with van der Waals surface area (Å²) in [4.78, 5) is 0. The molecule has 1 aromatic rings. The molecule has 0 bridgehead atoms. The van der Waals surface area contributed by atoms with E-state index in [0.29, 0.717) is 6.04 Å². The zero-order valence-electron chi connectivity index (χ0n) is 10.0. The van der Waals surface area contributed by atoms with Crippen LogP contribution >= 0.6 is 11.6 Å². The summed E-state index contributed by atoms with van der Waals surface area (Å²) in [6, 6.07) is 6.18. The van der Waals surface area contributed by atoms with Crippen LogP contribution in [-0.2, 0) is 0 Å². The van der Waals surface area contributed by atoms with Crippen molar-refractivity contribution in [1.29, 1.82) is 0 Å². The van der Waals surface area contributed by atoms with Crippen molar-refractivity contribution in [2.24, 2.45) is 0 Å². The summed E-state index contributed by atoms with van der Waals surface area (Å²) in [7, 11) is 0. The summed E-state index contributed by atoms with van der Waals surface area (Å²) in [5, 5.41) is 4.25. The zero-order valence-corrected chi connectivity index (χ0v) is 10.8. The molecule has 0 spiro atoms. The first-order valence-corrected chi connectivity index (χ1v) is 6.11. The molecule has 1 aliphatic rings. The summed E-state index contributed by atoms with van der Waals surface area (Å²) in [6.07, 6.45) is 0.966. The molecular weight excluding hydrogens is 222 g/mol. The van der Waals surface area contributed by atoms with Crippen LogP contribution in [0.2, 0.25) is 5.02 Å². The van der Waals surface area contributed by atoms with Gasteiger partial charge >= 0.3 is 0 Å². The van der Waals surface area contributed by atoms with Gasteiger partial charge in [-0.1, -0.05) is 18.5 Å². The average Bonchev–Trinajstić information content (AvgIpc) is 2.18. The molecule has 0 aliphatic carbocycles. The Bertz CT molecular complexity index is 390. The van der Waals surface area contributed by atoms with E-state index in [1.807, 2.05) is 18.2 Å². The molecule has 1 N–H and O–H groups in total. The molecule has 1 aliphatic heterocycles. The monoisotopic (exact) mass is 239 g/mol. The molecule has 0 amide bonds. The lowest BCUT2D eigenvalue weighted by molar-refractivity contribution is 0.0664. The topological polar surface area (TPSA) is 21.3 Å². The Balaban J connectivity index is 2.39. The zero-order chi connectivity index (χ0) is 11.8. The molecule has 2 nitrogen and oxygen atoms in total. The molecule has 0 fully saturated rings. The number of hydrogen-bond donors (Lipinski definition) is 1. The van der Waals surface area contributed by atoms with Gasteiger partial charge in [0.25, 0.3) is 0 Å². The van der Waals surface area contributed by atoms with Gasteiger partial charge in [-0.15, -0.1) is 0 Å². The standard InChI is InChI=1S/C13H18ClNO/c1-4-15-11-8-13(2,3)16-12-6-5-9(14)7-10(11)12/h5-7,11,15H,4,8H2,1-3H3. The summed E-state index contributed by atoms with van der Waals surface area (Å²) in [5.74, 6) is 0.951. The first-order chi connectivity index (χ1) is 7.52. The third-order valence-corrected chi connectivity index (χ3v) is 3.11. The van der Waals surface area contributed by atoms with Crippen LogP contribution in [0.15, 0.2) is 18.2 Å². The second-order valence-electron chi connectivity index (χ2n) is 4.86. The minimum Gasteiger partial charge on any atom is -0.487 e. The molecule has 1 unspecified atom stereocenters. The van der Waals surface area contributed by atoms with E-state index in [9.17, 15) is 0 Å². The van der Waals surface area contributed by atoms with Crippen molar-refractivity contribution in [2.45, 2.75) is 38.8 Å². The smallest absolute Gasteiger partial charge is 0.124 e. The van der Waals surface area contributed by atoms with Crippen LogP contribution in [0.4, 0.5) is 0 Å². The van der Waals surface area contributed by atoms with E-state index in [0.717, 1.165) is 23.7 Å². The molecule has 1 aromatic carbocycles. The van der Waals surface area contributed by atoms with Gasteiger partial charge in [0.1, 0.15) is 11.4 Å². The van der Waals surface area contributed by atoms with Crippen molar-refractivity contribution in [3.63, 3.8) is 0 Å². The number of hydrogen-bond acceptors (Lipinski definition) is 2. The minimum absolute atomic E-state index is 0.117. The Morgan fingerprint density at radius 1 is 1.50 bits per heavy atom. The number of benzene rings is 1. The van der Waals surface area contributed by atoms with Gasteiger partial charge in [-0.25, -0.2) is 0 Å². The lowest BCUT2D eigenvalue weighted by Crippen LogP contribution is -2.39. The van der Waals surface area contributed by atoms with Gasteiger partial charge in [-0.2, -0.15) is 0 Å². The van der Waals surface area contributed by atoms with E-state index < -0.39 is 0 Å². The van der Waals surface area contributed by atoms with Crippen LogP contribution in [0.1, 0.15) is 38.8 Å². The summed E-state index contributed by atoms with van der Waals surface area (Å²) in [5.41, 5.74) is 1.06. The third kappa shape index (κ3) is 2.33. The van der Waals surface area contributed by atoms with Gasteiger partial charge in [0.15, 0.2) is 0 Å². The molecule has 0 saturated carbocycles. The van der Waals surface area contributed by atoms with Crippen LogP contribution in [0.5, 0.6) is 5.75 Å². The molecule has 16 heavy (non-hydrogen) atoms. The second kappa shape index (κ2) is 4.27. The highest BCUT2D eigenvalue weighted by molar-refractivity contribution is 6.30. The third-order valence-electron chi connectivity index (χ3n) is 2.88. The number of halogens is 1. The fourth-order valence-corrected chi connectivity index (χ4v) is 2.43. The van der Waals surface area contributed by atoms with Crippen LogP contribution in [0.25, 0.3) is 0 Å². The molecule has 1 atom stereocenters. The number of nitrogens with one attached hydrogen (secondary N) is 1. The Hall–Kier alpha value is -0.730. The quantitative estimate of drug-likeness (QED) is 0.852. The van der Waals surface area contributed by atoms with E-state index in [1.54, 1.807) is 0 Å². The number of fused-ring (bicyclic) bond motifs is 1. The summed E-state index contributed by atoms with van der Waals surface area (Å²) < 4.78 is 5.95. The van der Waals surface area contributed by atoms with Crippen molar-refractivity contribution in [3.05, 3.63) is 28.8 Å². The SMILES string of the molecule is CCNC1CC(C)(C)Oc2ccc(Cl)cc21. The highest BCUT2D eigenvalue weighted by Crippen LogP contribution is 2.40. The Morgan fingerprint density at radius 3 is 2.94 bits per heavy atom. The maximum absolute atomic E-state index is 6.03. The highest BCUT2D eigenvalue weighted by Gasteiger charge is 2.33. The van der Waals surface area contributed by atoms with Crippen molar-refractivity contribution in [1.82, 2.24) is 5.32 Å². The van der Waals surface area contributed by atoms with E-state index in [-0.39, 0.29) is 5.60 Å². The van der Waals surface area contributed by atoms with E-state index in [4.69, 9.17) is 16.3 Å². The molecule has 0 radical (unpaired) electrons. The predicted octanol–water partition coefficient (Wildman–Crippen LogP) is 3.55. The van der Waals surface area contributed by atoms with Crippen LogP contribution in [0.3, 0.4) is 0 Å². The van der Waals surface area contributed by atoms with Gasteiger partial charge in [0.2, 0.25) is 0 Å². The number of rotatable bonds is 2. The first-order valence-electron chi connectivity index (χ1n) is 5.74. The predicted molar refractivity (Wildman–Crippen MR) is 67.2 cm³/mol. The first kappa shape index (κ1) is 11.7. The van der Waals surface area contributed by atoms with Gasteiger partial charge < -0.3 is 10.1 Å². The molecule has 0 aromatic heterocycles. The van der Waals surface area contributed by atoms with E-state index in [2.05, 4.69) is 26.1 Å². The van der Waals surface area contributed by atoms with E-state index in [1.165, 1.54) is 5.56 Å². The van der Waals surface area contributed by atoms with Crippen LogP contribution in [0, 0.1) is 0 Å². The maximum Gasteiger partial charge on any atom is 0.124 e. The van der Waals surface area contributed by atoms with Gasteiger partial charge in [-0.3, -0.25) is 0 Å². The molecule has 1 heterocycles. The minimum atomic E-state index is -0.117. The Morgan fingerprint density at radius 2 is 2.25 bits per heavy atom. The van der Waals surface area contributed by atoms with Crippen molar-refractivity contribution in [3.8, 4) is 5.75 Å². The van der Waals surface area contributed by atoms with Crippen LogP contribution < -0.4 is 10.1 Å². The molecule has 0 saturated heterocycles. The van der Waals surface area contributed by atoms with Crippen molar-refractivity contribution in [2.75, 3.05) is 6.54 Å². The largest absolute Gasteiger partial charge is 0.487 e. The van der Waals surface area contributed by atoms with Crippen molar-refractivity contribution < 1.29 is 4.74 Å². The summed E-state index contributed by atoms with van der Waals surface area (Å²) in [6.45, 7) is 7.31. The van der Waals surface area contributed by atoms with Gasteiger partial charge in [0.05, 0.1) is 0 Å². The normalized spacial score (nSPS) is 22.4. The fourth-order valence-electron chi connectivity index (χ4n) is 2.25. The van der Waals surface area contributed by atoms with Crippen molar-refractivity contribution >= 4 is 11.6 Å². The molecular formula is C13H18ClNO. The lowest BCUT2D eigenvalue weighted by Gasteiger charge is -2.38. The Labute approximate surface area is 102 Å². The van der Waals surface area contributed by atoms with E-state index >= 15 is 0 Å². The van der Waals surface area contributed by atoms with Crippen LogP contribution in [-0.4, -0.2) is 12.1 Å². The maximum atomic E-state index is 6.03. The molecule has 88 valence electrons. The molecule has 2 rings (SSSR count). The number of ether oxygens (including phenoxy) is 1. The summed E-state index contributed by atoms with van der Waals surface area (Å²) >= 11 is 6.03. The average molecular weight is 240 g/mol. The lowest BCUT2D eigenvalue weighted by atomic mass is 9.90. The highest BCUT2D eigenvalue weighted by atomic mass is 35.5. The second-order valence-corrected chi connectivity index (χ2v) is 5.29. The molecule has 3 heteroatoms. The fraction of sp³-hybridized carbons (Fsp3) is 0.538. The van der Waals surface area contributed by atoms with Gasteiger partial charge in [0, 0.05) is 23.0 Å². The van der Waals surface area contributed by atoms with Gasteiger partial charge in [-0.05, 0) is 38.6 Å².